The number of hydrogen-bond acceptors (Lipinski definition) is 6. The van der Waals surface area contributed by atoms with Crippen molar-refractivity contribution in [2.24, 2.45) is 5.73 Å². The predicted octanol–water partition coefficient (Wildman–Crippen LogP) is 2.26. The van der Waals surface area contributed by atoms with E-state index in [1.165, 1.54) is 24.5 Å². The molecule has 146 valence electrons. The van der Waals surface area contributed by atoms with Gasteiger partial charge in [0, 0.05) is 18.5 Å². The van der Waals surface area contributed by atoms with Crippen molar-refractivity contribution in [3.05, 3.63) is 60.6 Å². The van der Waals surface area contributed by atoms with Gasteiger partial charge in [0.2, 0.25) is 0 Å². The second-order valence-electron chi connectivity index (χ2n) is 5.40. The zero-order valence-electron chi connectivity index (χ0n) is 13.8. The number of primary amides is 1. The van der Waals surface area contributed by atoms with E-state index in [0.29, 0.717) is 11.3 Å². The molecule has 1 aromatic carbocycles. The molecule has 2 N–H and O–H groups in total. The molecule has 3 rings (SSSR count). The Morgan fingerprint density at radius 3 is 2.50 bits per heavy atom. The molecule has 0 spiro atoms. The summed E-state index contributed by atoms with van der Waals surface area (Å²) in [4.78, 5) is 15.8. The van der Waals surface area contributed by atoms with E-state index < -0.39 is 27.3 Å². The van der Waals surface area contributed by atoms with Gasteiger partial charge < -0.3 is 9.92 Å². The molecule has 0 aliphatic carbocycles. The maximum absolute atomic E-state index is 12.5. The number of alkyl halides is 3. The highest BCUT2D eigenvalue weighted by atomic mass is 32.2. The fourth-order valence-electron chi connectivity index (χ4n) is 2.25. The molecular weight excluding hydrogens is 401 g/mol. The smallest absolute Gasteiger partial charge is 0.376 e. The molecule has 0 bridgehead atoms. The fourth-order valence-corrected chi connectivity index (χ4v) is 2.70. The lowest BCUT2D eigenvalue weighted by Gasteiger charge is -2.10. The minimum Gasteiger partial charge on any atom is -0.376 e. The fraction of sp³-hybridized carbons (Fsp3) is 0.0625. The number of nitrogens with two attached hydrogens (primary N) is 1. The van der Waals surface area contributed by atoms with E-state index >= 15 is 0 Å². The molecule has 0 aliphatic rings. The highest BCUT2D eigenvalue weighted by Crippen LogP contribution is 2.28. The summed E-state index contributed by atoms with van der Waals surface area (Å²) in [6.07, 6.45) is 2.88. The van der Waals surface area contributed by atoms with Crippen LogP contribution in [0, 0.1) is 0 Å². The van der Waals surface area contributed by atoms with Crippen LogP contribution in [0.4, 0.5) is 13.2 Å². The van der Waals surface area contributed by atoms with Crippen molar-refractivity contribution in [1.29, 1.82) is 0 Å². The Labute approximate surface area is 156 Å². The number of carbonyl (C=O) groups excluding carboxylic acids is 1. The SMILES string of the molecule is NC(=O)c1nn(-c2cccc(OS(=O)(=O)C(F)(F)F)c2)cc1-c1ccccn1. The number of benzene rings is 1. The average Bonchev–Trinajstić information content (AvgIpc) is 3.07. The summed E-state index contributed by atoms with van der Waals surface area (Å²) in [6, 6.07) is 9.70. The Morgan fingerprint density at radius 1 is 1.14 bits per heavy atom. The molecule has 0 aliphatic heterocycles. The molecule has 0 saturated heterocycles. The predicted molar refractivity (Wildman–Crippen MR) is 90.9 cm³/mol. The average molecular weight is 412 g/mol. The minimum atomic E-state index is -5.82. The van der Waals surface area contributed by atoms with Gasteiger partial charge in [0.05, 0.1) is 16.9 Å². The molecule has 1 amide bonds. The number of rotatable bonds is 5. The Bertz CT molecular complexity index is 1130. The van der Waals surface area contributed by atoms with Crippen LogP contribution < -0.4 is 9.92 Å². The van der Waals surface area contributed by atoms with Crippen LogP contribution in [0.25, 0.3) is 16.9 Å². The molecule has 0 radical (unpaired) electrons. The summed E-state index contributed by atoms with van der Waals surface area (Å²) < 4.78 is 65.0. The van der Waals surface area contributed by atoms with Gasteiger partial charge in [-0.3, -0.25) is 9.78 Å². The molecule has 8 nitrogen and oxygen atoms in total. The van der Waals surface area contributed by atoms with Crippen LogP contribution in [0.2, 0.25) is 0 Å². The van der Waals surface area contributed by atoms with Crippen molar-refractivity contribution in [3.8, 4) is 22.7 Å². The summed E-state index contributed by atoms with van der Waals surface area (Å²) >= 11 is 0. The normalized spacial score (nSPS) is 12.0. The lowest BCUT2D eigenvalue weighted by Crippen LogP contribution is -2.28. The van der Waals surface area contributed by atoms with Crippen LogP contribution in [0.1, 0.15) is 10.5 Å². The van der Waals surface area contributed by atoms with E-state index in [1.807, 2.05) is 0 Å². The first kappa shape index (κ1) is 19.4. The lowest BCUT2D eigenvalue weighted by atomic mass is 10.1. The van der Waals surface area contributed by atoms with E-state index in [4.69, 9.17) is 5.73 Å². The number of carbonyl (C=O) groups is 1. The molecular formula is C16H11F3N4O4S. The Morgan fingerprint density at radius 2 is 1.89 bits per heavy atom. The number of aromatic nitrogens is 3. The standard InChI is InChI=1S/C16H11F3N4O4S/c17-16(18,19)28(25,26)27-11-5-3-4-10(8-11)23-9-12(14(22-23)15(20)24)13-6-1-2-7-21-13/h1-9H,(H2,20,24). The van der Waals surface area contributed by atoms with Gasteiger partial charge in [0.15, 0.2) is 5.69 Å². The van der Waals surface area contributed by atoms with E-state index in [-0.39, 0.29) is 11.4 Å². The number of hydrogen-bond donors (Lipinski definition) is 1. The number of amides is 1. The third kappa shape index (κ3) is 3.81. The number of halogens is 3. The van der Waals surface area contributed by atoms with Crippen molar-refractivity contribution >= 4 is 16.0 Å². The molecule has 28 heavy (non-hydrogen) atoms. The second kappa shape index (κ2) is 6.96. The maximum atomic E-state index is 12.5. The second-order valence-corrected chi connectivity index (χ2v) is 6.93. The van der Waals surface area contributed by atoms with Gasteiger partial charge in [-0.25, -0.2) is 4.68 Å². The number of pyridine rings is 1. The van der Waals surface area contributed by atoms with Gasteiger partial charge in [-0.1, -0.05) is 12.1 Å². The highest BCUT2D eigenvalue weighted by Gasteiger charge is 2.48. The van der Waals surface area contributed by atoms with Crippen molar-refractivity contribution in [1.82, 2.24) is 14.8 Å². The first-order valence-electron chi connectivity index (χ1n) is 7.50. The van der Waals surface area contributed by atoms with Gasteiger partial charge in [0.1, 0.15) is 5.75 Å². The summed E-state index contributed by atoms with van der Waals surface area (Å²) in [7, 11) is -5.82. The first-order valence-corrected chi connectivity index (χ1v) is 8.91. The van der Waals surface area contributed by atoms with Gasteiger partial charge in [0.25, 0.3) is 5.91 Å². The highest BCUT2D eigenvalue weighted by molar-refractivity contribution is 7.88. The molecule has 0 unspecified atom stereocenters. The van der Waals surface area contributed by atoms with Crippen LogP contribution in [0.3, 0.4) is 0 Å². The number of nitrogens with zero attached hydrogens (tertiary/aromatic N) is 3. The minimum absolute atomic E-state index is 0.118. The van der Waals surface area contributed by atoms with Gasteiger partial charge in [-0.05, 0) is 24.3 Å². The molecule has 2 aromatic heterocycles. The van der Waals surface area contributed by atoms with E-state index in [0.717, 1.165) is 16.8 Å². The van der Waals surface area contributed by atoms with Crippen molar-refractivity contribution in [2.75, 3.05) is 0 Å². The van der Waals surface area contributed by atoms with E-state index in [9.17, 15) is 26.4 Å². The summed E-state index contributed by atoms with van der Waals surface area (Å²) in [5.74, 6) is -1.42. The largest absolute Gasteiger partial charge is 0.534 e. The quantitative estimate of drug-likeness (QED) is 0.507. The Hall–Kier alpha value is -3.41. The van der Waals surface area contributed by atoms with Crippen LogP contribution in [-0.4, -0.2) is 34.6 Å². The summed E-state index contributed by atoms with van der Waals surface area (Å²) in [5, 5.41) is 4.02. The van der Waals surface area contributed by atoms with Crippen molar-refractivity contribution in [3.63, 3.8) is 0 Å². The summed E-state index contributed by atoms with van der Waals surface area (Å²) in [5.41, 5.74) is 0.476. The maximum Gasteiger partial charge on any atom is 0.534 e. The van der Waals surface area contributed by atoms with Gasteiger partial charge in [-0.15, -0.1) is 0 Å². The lowest BCUT2D eigenvalue weighted by molar-refractivity contribution is -0.0500. The Balaban J connectivity index is 2.02. The molecule has 2 heterocycles. The van der Waals surface area contributed by atoms with Gasteiger partial charge >= 0.3 is 15.6 Å². The monoisotopic (exact) mass is 412 g/mol. The zero-order valence-corrected chi connectivity index (χ0v) is 14.6. The van der Waals surface area contributed by atoms with Crippen LogP contribution in [0.15, 0.2) is 54.9 Å². The first-order chi connectivity index (χ1) is 13.1. The summed E-state index contributed by atoms with van der Waals surface area (Å²) in [6.45, 7) is 0. The topological polar surface area (TPSA) is 117 Å². The van der Waals surface area contributed by atoms with Crippen LogP contribution in [0.5, 0.6) is 5.75 Å². The van der Waals surface area contributed by atoms with Crippen LogP contribution in [-0.2, 0) is 10.1 Å². The van der Waals surface area contributed by atoms with Gasteiger partial charge in [-0.2, -0.15) is 26.7 Å². The third-order valence-corrected chi connectivity index (χ3v) is 4.44. The molecule has 0 saturated carbocycles. The van der Waals surface area contributed by atoms with E-state index in [1.54, 1.807) is 18.2 Å². The van der Waals surface area contributed by atoms with E-state index in [2.05, 4.69) is 14.3 Å². The van der Waals surface area contributed by atoms with Crippen LogP contribution >= 0.6 is 0 Å². The zero-order chi connectivity index (χ0) is 20.5. The third-order valence-electron chi connectivity index (χ3n) is 3.46. The molecule has 0 atom stereocenters. The van der Waals surface area contributed by atoms with Crippen molar-refractivity contribution < 1.29 is 30.6 Å². The van der Waals surface area contributed by atoms with Crippen molar-refractivity contribution in [2.45, 2.75) is 5.51 Å². The molecule has 12 heteroatoms. The molecule has 0 fully saturated rings. The molecule has 3 aromatic rings. The Kier molecular flexibility index (Phi) is 4.81.